The third-order valence-corrected chi connectivity index (χ3v) is 1.77. The lowest BCUT2D eigenvalue weighted by Gasteiger charge is -2.00. The molecule has 1 aromatic rings. The summed E-state index contributed by atoms with van der Waals surface area (Å²) in [6.45, 7) is 0. The van der Waals surface area contributed by atoms with Gasteiger partial charge in [-0.2, -0.15) is 5.10 Å². The number of hydrogen-bond acceptors (Lipinski definition) is 3. The molecule has 0 fully saturated rings. The monoisotopic (exact) mass is 154 g/mol. The molecule has 0 unspecified atom stereocenters. The summed E-state index contributed by atoms with van der Waals surface area (Å²) in [5.41, 5.74) is 0. The highest BCUT2D eigenvalue weighted by atomic mass is 32.1. The molecule has 0 amide bonds. The predicted octanol–water partition coefficient (Wildman–Crippen LogP) is 1.64. The third-order valence-electron chi connectivity index (χ3n) is 0.959. The van der Waals surface area contributed by atoms with E-state index in [1.165, 1.54) is 4.88 Å². The zero-order valence-corrected chi connectivity index (χ0v) is 6.93. The van der Waals surface area contributed by atoms with E-state index in [9.17, 15) is 0 Å². The summed E-state index contributed by atoms with van der Waals surface area (Å²) < 4.78 is 0. The summed E-state index contributed by atoms with van der Waals surface area (Å²) in [4.78, 5) is 1.19. The predicted molar refractivity (Wildman–Crippen MR) is 45.6 cm³/mol. The van der Waals surface area contributed by atoms with Crippen molar-refractivity contribution >= 4 is 17.6 Å². The molecule has 0 radical (unpaired) electrons. The van der Waals surface area contributed by atoms with E-state index in [1.807, 2.05) is 37.8 Å². The van der Waals surface area contributed by atoms with Crippen LogP contribution >= 0.6 is 11.3 Å². The van der Waals surface area contributed by atoms with Crippen LogP contribution < -0.4 is 0 Å². The molecule has 0 saturated heterocycles. The zero-order valence-electron chi connectivity index (χ0n) is 6.11. The Morgan fingerprint density at radius 1 is 1.60 bits per heavy atom. The first-order valence-electron chi connectivity index (χ1n) is 3.04. The molecule has 1 heterocycles. The highest BCUT2D eigenvalue weighted by Gasteiger charge is 1.85. The fourth-order valence-electron chi connectivity index (χ4n) is 0.537. The summed E-state index contributed by atoms with van der Waals surface area (Å²) >= 11 is 1.69. The first-order chi connectivity index (χ1) is 4.79. The Balaban J connectivity index is 2.55. The summed E-state index contributed by atoms with van der Waals surface area (Å²) in [7, 11) is 3.81. The minimum absolute atomic E-state index is 1.19. The largest absolute Gasteiger partial charge is 0.303 e. The number of rotatable bonds is 2. The maximum absolute atomic E-state index is 4.09. The molecular weight excluding hydrogens is 144 g/mol. The molecule has 0 saturated carbocycles. The lowest BCUT2D eigenvalue weighted by Crippen LogP contribution is -2.01. The topological polar surface area (TPSA) is 15.6 Å². The molecule has 0 N–H and O–H groups in total. The van der Waals surface area contributed by atoms with Gasteiger partial charge in [0.2, 0.25) is 0 Å². The molecule has 10 heavy (non-hydrogen) atoms. The van der Waals surface area contributed by atoms with Crippen molar-refractivity contribution in [2.45, 2.75) is 0 Å². The van der Waals surface area contributed by atoms with E-state index in [2.05, 4.69) is 5.10 Å². The Morgan fingerprint density at radius 2 is 2.40 bits per heavy atom. The smallest absolute Gasteiger partial charge is 0.0642 e. The van der Waals surface area contributed by atoms with Gasteiger partial charge in [-0.25, -0.2) is 0 Å². The maximum atomic E-state index is 4.09. The second kappa shape index (κ2) is 3.37. The number of hydrazone groups is 1. The Bertz CT molecular complexity index is 201. The van der Waals surface area contributed by atoms with E-state index < -0.39 is 0 Å². The summed E-state index contributed by atoms with van der Waals surface area (Å²) in [5, 5.41) is 7.90. The van der Waals surface area contributed by atoms with Crippen LogP contribution in [0, 0.1) is 0 Å². The molecule has 1 rings (SSSR count). The lowest BCUT2D eigenvalue weighted by atomic mass is 10.5. The summed E-state index contributed by atoms with van der Waals surface area (Å²) in [6.07, 6.45) is 1.85. The molecule has 1 aromatic heterocycles. The lowest BCUT2D eigenvalue weighted by molar-refractivity contribution is 0.440. The molecule has 0 aliphatic rings. The van der Waals surface area contributed by atoms with Crippen LogP contribution in [-0.2, 0) is 0 Å². The highest BCUT2D eigenvalue weighted by Crippen LogP contribution is 2.04. The van der Waals surface area contributed by atoms with Gasteiger partial charge in [-0.05, 0) is 11.4 Å². The fourth-order valence-corrected chi connectivity index (χ4v) is 1.12. The van der Waals surface area contributed by atoms with Crippen LogP contribution in [0.1, 0.15) is 4.88 Å². The zero-order chi connectivity index (χ0) is 7.40. The molecule has 0 atom stereocenters. The van der Waals surface area contributed by atoms with Gasteiger partial charge in [0.1, 0.15) is 0 Å². The standard InChI is InChI=1S/C7H10N2S/c1-9(2)8-6-7-4-3-5-10-7/h3-6H,1-2H3. The molecular formula is C7H10N2S. The molecule has 2 nitrogen and oxygen atoms in total. The number of nitrogens with zero attached hydrogens (tertiary/aromatic N) is 2. The molecule has 0 aliphatic carbocycles. The van der Waals surface area contributed by atoms with E-state index in [0.29, 0.717) is 0 Å². The van der Waals surface area contributed by atoms with Crippen molar-refractivity contribution in [2.75, 3.05) is 14.1 Å². The van der Waals surface area contributed by atoms with Crippen LogP contribution in [0.2, 0.25) is 0 Å². The minimum Gasteiger partial charge on any atom is -0.303 e. The minimum atomic E-state index is 1.19. The van der Waals surface area contributed by atoms with E-state index in [0.717, 1.165) is 0 Å². The molecule has 54 valence electrons. The van der Waals surface area contributed by atoms with Crippen LogP contribution in [0.5, 0.6) is 0 Å². The average Bonchev–Trinajstić information content (AvgIpc) is 2.34. The van der Waals surface area contributed by atoms with Gasteiger partial charge in [-0.3, -0.25) is 0 Å². The van der Waals surface area contributed by atoms with Crippen molar-refractivity contribution in [1.29, 1.82) is 0 Å². The second-order valence-corrected chi connectivity index (χ2v) is 3.09. The summed E-state index contributed by atoms with van der Waals surface area (Å²) in [6, 6.07) is 4.05. The van der Waals surface area contributed by atoms with Crippen molar-refractivity contribution in [3.63, 3.8) is 0 Å². The van der Waals surface area contributed by atoms with Crippen molar-refractivity contribution in [2.24, 2.45) is 5.10 Å². The first-order valence-corrected chi connectivity index (χ1v) is 3.92. The van der Waals surface area contributed by atoms with Gasteiger partial charge in [0.05, 0.1) is 6.21 Å². The molecule has 0 spiro atoms. The van der Waals surface area contributed by atoms with Crippen molar-refractivity contribution < 1.29 is 0 Å². The van der Waals surface area contributed by atoms with E-state index in [-0.39, 0.29) is 0 Å². The van der Waals surface area contributed by atoms with Gasteiger partial charge in [0, 0.05) is 19.0 Å². The molecule has 3 heteroatoms. The van der Waals surface area contributed by atoms with Gasteiger partial charge < -0.3 is 5.01 Å². The van der Waals surface area contributed by atoms with Crippen molar-refractivity contribution in [3.05, 3.63) is 22.4 Å². The molecule has 0 bridgehead atoms. The Morgan fingerprint density at radius 3 is 2.90 bits per heavy atom. The second-order valence-electron chi connectivity index (χ2n) is 2.11. The van der Waals surface area contributed by atoms with Gasteiger partial charge in [-0.15, -0.1) is 11.3 Å². The van der Waals surface area contributed by atoms with Gasteiger partial charge in [-0.1, -0.05) is 6.07 Å². The first kappa shape index (κ1) is 7.28. The number of hydrogen-bond donors (Lipinski definition) is 0. The van der Waals surface area contributed by atoms with Crippen LogP contribution in [0.3, 0.4) is 0 Å². The third kappa shape index (κ3) is 2.19. The van der Waals surface area contributed by atoms with Gasteiger partial charge in [0.15, 0.2) is 0 Å². The highest BCUT2D eigenvalue weighted by molar-refractivity contribution is 7.11. The van der Waals surface area contributed by atoms with Crippen molar-refractivity contribution in [3.8, 4) is 0 Å². The normalized spacial score (nSPS) is 10.6. The van der Waals surface area contributed by atoms with Crippen LogP contribution in [0.15, 0.2) is 22.6 Å². The van der Waals surface area contributed by atoms with Crippen LogP contribution in [0.25, 0.3) is 0 Å². The van der Waals surface area contributed by atoms with Crippen LogP contribution in [-0.4, -0.2) is 25.3 Å². The molecule has 0 aromatic carbocycles. The summed E-state index contributed by atoms with van der Waals surface area (Å²) in [5.74, 6) is 0. The Kier molecular flexibility index (Phi) is 2.45. The van der Waals surface area contributed by atoms with Gasteiger partial charge in [0.25, 0.3) is 0 Å². The van der Waals surface area contributed by atoms with E-state index in [4.69, 9.17) is 0 Å². The SMILES string of the molecule is CN(C)N=Cc1cccs1. The van der Waals surface area contributed by atoms with E-state index in [1.54, 1.807) is 16.3 Å². The Labute approximate surface area is 64.8 Å². The average molecular weight is 154 g/mol. The fraction of sp³-hybridized carbons (Fsp3) is 0.286. The Hall–Kier alpha value is -0.830. The van der Waals surface area contributed by atoms with Crippen LogP contribution in [0.4, 0.5) is 0 Å². The molecule has 0 aliphatic heterocycles. The van der Waals surface area contributed by atoms with E-state index >= 15 is 0 Å². The quantitative estimate of drug-likeness (QED) is 0.467. The van der Waals surface area contributed by atoms with Crippen molar-refractivity contribution in [1.82, 2.24) is 5.01 Å². The van der Waals surface area contributed by atoms with Gasteiger partial charge >= 0.3 is 0 Å². The number of thiophene rings is 1. The maximum Gasteiger partial charge on any atom is 0.0642 e.